The van der Waals surface area contributed by atoms with Crippen molar-refractivity contribution >= 4 is 0 Å². The normalized spacial score (nSPS) is 13.5. The summed E-state index contributed by atoms with van der Waals surface area (Å²) >= 11 is 0. The predicted octanol–water partition coefficient (Wildman–Crippen LogP) is 1.69. The maximum atomic E-state index is 4.27. The first-order valence-corrected chi connectivity index (χ1v) is 4.95. The molecule has 0 fully saturated rings. The van der Waals surface area contributed by atoms with Crippen LogP contribution in [-0.2, 0) is 0 Å². The first kappa shape index (κ1) is 10.3. The van der Waals surface area contributed by atoms with Crippen LogP contribution in [0.2, 0.25) is 0 Å². The van der Waals surface area contributed by atoms with Crippen LogP contribution in [-0.4, -0.2) is 22.9 Å². The molecule has 1 N–H and O–H groups in total. The van der Waals surface area contributed by atoms with E-state index in [1.165, 1.54) is 0 Å². The molecular formula is C10H19N3. The highest BCUT2D eigenvalue weighted by molar-refractivity contribution is 4.83. The lowest BCUT2D eigenvalue weighted by molar-refractivity contribution is 0.332. The second-order valence-corrected chi connectivity index (χ2v) is 3.61. The van der Waals surface area contributed by atoms with Gasteiger partial charge in [0.25, 0.3) is 0 Å². The topological polar surface area (TPSA) is 29.9 Å². The lowest BCUT2D eigenvalue weighted by Crippen LogP contribution is -2.28. The number of aromatic nitrogens is 2. The average molecular weight is 181 g/mol. The summed E-state index contributed by atoms with van der Waals surface area (Å²) in [5.41, 5.74) is 0. The fourth-order valence-corrected chi connectivity index (χ4v) is 1.40. The molecule has 0 amide bonds. The zero-order valence-corrected chi connectivity index (χ0v) is 8.70. The molecule has 1 aromatic rings. The molecular weight excluding hydrogens is 162 g/mol. The van der Waals surface area contributed by atoms with Gasteiger partial charge in [-0.3, -0.25) is 4.68 Å². The summed E-state index contributed by atoms with van der Waals surface area (Å²) in [7, 11) is 0. The summed E-state index contributed by atoms with van der Waals surface area (Å²) in [5, 5.41) is 7.62. The number of rotatable bonds is 5. The van der Waals surface area contributed by atoms with E-state index < -0.39 is 0 Å². The molecule has 0 saturated heterocycles. The van der Waals surface area contributed by atoms with E-state index in [9.17, 15) is 0 Å². The molecule has 1 heterocycles. The number of hydrogen-bond acceptors (Lipinski definition) is 2. The van der Waals surface area contributed by atoms with Crippen molar-refractivity contribution < 1.29 is 0 Å². The summed E-state index contributed by atoms with van der Waals surface area (Å²) in [4.78, 5) is 0. The van der Waals surface area contributed by atoms with Crippen LogP contribution >= 0.6 is 0 Å². The third-order valence-electron chi connectivity index (χ3n) is 2.24. The van der Waals surface area contributed by atoms with Gasteiger partial charge in [-0.05, 0) is 18.5 Å². The summed E-state index contributed by atoms with van der Waals surface area (Å²) < 4.78 is 2.04. The van der Waals surface area contributed by atoms with Crippen molar-refractivity contribution in [2.24, 2.45) is 5.92 Å². The fraction of sp³-hybridized carbons (Fsp3) is 0.700. The van der Waals surface area contributed by atoms with Gasteiger partial charge in [0.1, 0.15) is 0 Å². The smallest absolute Gasteiger partial charge is 0.0666 e. The lowest BCUT2D eigenvalue weighted by atomic mass is 10.1. The fourth-order valence-electron chi connectivity index (χ4n) is 1.40. The first-order valence-electron chi connectivity index (χ1n) is 4.95. The Hall–Kier alpha value is -0.830. The summed E-state index contributed by atoms with van der Waals surface area (Å²) in [6, 6.07) is 2.44. The van der Waals surface area contributed by atoms with Gasteiger partial charge in [-0.25, -0.2) is 0 Å². The Kier molecular flexibility index (Phi) is 3.96. The van der Waals surface area contributed by atoms with Gasteiger partial charge in [0.2, 0.25) is 0 Å². The SMILES string of the molecule is CCNCC(C(C)C)n1cccn1. The molecule has 0 spiro atoms. The van der Waals surface area contributed by atoms with Crippen LogP contribution in [0.25, 0.3) is 0 Å². The minimum absolute atomic E-state index is 0.468. The van der Waals surface area contributed by atoms with Gasteiger partial charge in [-0.2, -0.15) is 5.10 Å². The summed E-state index contributed by atoms with van der Waals surface area (Å²) in [6.45, 7) is 8.59. The van der Waals surface area contributed by atoms with E-state index >= 15 is 0 Å². The molecule has 1 atom stereocenters. The zero-order chi connectivity index (χ0) is 9.68. The molecule has 1 aromatic heterocycles. The maximum absolute atomic E-state index is 4.27. The molecule has 13 heavy (non-hydrogen) atoms. The largest absolute Gasteiger partial charge is 0.315 e. The third kappa shape index (κ3) is 2.84. The van der Waals surface area contributed by atoms with Crippen molar-refractivity contribution in [1.29, 1.82) is 0 Å². The lowest BCUT2D eigenvalue weighted by Gasteiger charge is -2.21. The third-order valence-corrected chi connectivity index (χ3v) is 2.24. The molecule has 0 aromatic carbocycles. The maximum Gasteiger partial charge on any atom is 0.0666 e. The highest BCUT2D eigenvalue weighted by Gasteiger charge is 2.14. The van der Waals surface area contributed by atoms with Gasteiger partial charge in [0.15, 0.2) is 0 Å². The number of nitrogens with one attached hydrogen (secondary N) is 1. The standard InChI is InChI=1S/C10H19N3/c1-4-11-8-10(9(2)3)13-7-5-6-12-13/h5-7,9-11H,4,8H2,1-3H3. The van der Waals surface area contributed by atoms with Crippen LogP contribution in [0.5, 0.6) is 0 Å². The van der Waals surface area contributed by atoms with Crippen molar-refractivity contribution in [2.45, 2.75) is 26.8 Å². The van der Waals surface area contributed by atoms with Crippen molar-refractivity contribution in [3.8, 4) is 0 Å². The Balaban J connectivity index is 2.58. The molecule has 0 bridgehead atoms. The van der Waals surface area contributed by atoms with Crippen LogP contribution in [0.4, 0.5) is 0 Å². The van der Waals surface area contributed by atoms with Crippen LogP contribution in [0.15, 0.2) is 18.5 Å². The molecule has 0 radical (unpaired) electrons. The molecule has 0 aliphatic rings. The zero-order valence-electron chi connectivity index (χ0n) is 8.70. The van der Waals surface area contributed by atoms with E-state index in [0.29, 0.717) is 12.0 Å². The van der Waals surface area contributed by atoms with Crippen LogP contribution in [0.1, 0.15) is 26.8 Å². The van der Waals surface area contributed by atoms with Crippen molar-refractivity contribution in [1.82, 2.24) is 15.1 Å². The molecule has 0 aliphatic heterocycles. The second kappa shape index (κ2) is 5.02. The van der Waals surface area contributed by atoms with E-state index in [0.717, 1.165) is 13.1 Å². The van der Waals surface area contributed by atoms with E-state index in [-0.39, 0.29) is 0 Å². The Morgan fingerprint density at radius 2 is 2.23 bits per heavy atom. The van der Waals surface area contributed by atoms with Gasteiger partial charge >= 0.3 is 0 Å². The van der Waals surface area contributed by atoms with Crippen molar-refractivity contribution in [3.63, 3.8) is 0 Å². The number of nitrogens with zero attached hydrogens (tertiary/aromatic N) is 2. The predicted molar refractivity (Wildman–Crippen MR) is 54.6 cm³/mol. The van der Waals surface area contributed by atoms with Gasteiger partial charge in [-0.15, -0.1) is 0 Å². The average Bonchev–Trinajstić information content (AvgIpc) is 2.57. The van der Waals surface area contributed by atoms with Gasteiger partial charge in [-0.1, -0.05) is 20.8 Å². The molecule has 1 rings (SSSR count). The molecule has 0 aliphatic carbocycles. The van der Waals surface area contributed by atoms with Crippen LogP contribution in [0, 0.1) is 5.92 Å². The molecule has 74 valence electrons. The molecule has 3 nitrogen and oxygen atoms in total. The number of hydrogen-bond donors (Lipinski definition) is 1. The number of likely N-dealkylation sites (N-methyl/N-ethyl adjacent to an activating group) is 1. The molecule has 0 saturated carbocycles. The Bertz CT molecular complexity index is 216. The minimum atomic E-state index is 0.468. The van der Waals surface area contributed by atoms with Gasteiger partial charge in [0, 0.05) is 18.9 Å². The van der Waals surface area contributed by atoms with Gasteiger partial charge in [0.05, 0.1) is 6.04 Å². The Morgan fingerprint density at radius 1 is 1.46 bits per heavy atom. The van der Waals surface area contributed by atoms with E-state index in [2.05, 4.69) is 31.2 Å². The van der Waals surface area contributed by atoms with Crippen LogP contribution < -0.4 is 5.32 Å². The second-order valence-electron chi connectivity index (χ2n) is 3.61. The van der Waals surface area contributed by atoms with Crippen molar-refractivity contribution in [3.05, 3.63) is 18.5 Å². The monoisotopic (exact) mass is 181 g/mol. The minimum Gasteiger partial charge on any atom is -0.315 e. The Morgan fingerprint density at radius 3 is 2.69 bits per heavy atom. The van der Waals surface area contributed by atoms with Crippen LogP contribution in [0.3, 0.4) is 0 Å². The Labute approximate surface area is 80.1 Å². The quantitative estimate of drug-likeness (QED) is 0.749. The van der Waals surface area contributed by atoms with E-state index in [1.54, 1.807) is 0 Å². The molecule has 3 heteroatoms. The summed E-state index contributed by atoms with van der Waals surface area (Å²) in [5.74, 6) is 0.610. The van der Waals surface area contributed by atoms with Gasteiger partial charge < -0.3 is 5.32 Å². The van der Waals surface area contributed by atoms with E-state index in [4.69, 9.17) is 0 Å². The van der Waals surface area contributed by atoms with Crippen molar-refractivity contribution in [2.75, 3.05) is 13.1 Å². The highest BCUT2D eigenvalue weighted by Crippen LogP contribution is 2.14. The molecule has 1 unspecified atom stereocenters. The summed E-state index contributed by atoms with van der Waals surface area (Å²) in [6.07, 6.45) is 3.86. The highest BCUT2D eigenvalue weighted by atomic mass is 15.3. The first-order chi connectivity index (χ1) is 6.25. The van der Waals surface area contributed by atoms with E-state index in [1.807, 2.05) is 23.1 Å².